The topological polar surface area (TPSA) is 25.8 Å². The van der Waals surface area contributed by atoms with Crippen LogP contribution in [0.3, 0.4) is 0 Å². The fourth-order valence-electron chi connectivity index (χ4n) is 1.78. The van der Waals surface area contributed by atoms with Crippen molar-refractivity contribution < 1.29 is 0 Å². The summed E-state index contributed by atoms with van der Waals surface area (Å²) in [5.74, 6) is 0.585. The van der Waals surface area contributed by atoms with Gasteiger partial charge >= 0.3 is 0 Å². The van der Waals surface area contributed by atoms with Gasteiger partial charge in [-0.3, -0.25) is 0 Å². The molecule has 1 fully saturated rings. The highest BCUT2D eigenvalue weighted by molar-refractivity contribution is 9.10. The first kappa shape index (κ1) is 9.55. The maximum atomic E-state index is 5.92. The SMILES string of the molecule is Clc1nc(C2CC2)c2cccc(Br)c2n1. The van der Waals surface area contributed by atoms with Crippen molar-refractivity contribution >= 4 is 38.4 Å². The number of halogens is 2. The number of benzene rings is 1. The second-order valence-corrected chi connectivity index (χ2v) is 4.98. The average molecular weight is 284 g/mol. The van der Waals surface area contributed by atoms with E-state index in [-0.39, 0.29) is 0 Å². The smallest absolute Gasteiger partial charge is 0.222 e. The molecule has 0 bridgehead atoms. The van der Waals surface area contributed by atoms with E-state index in [1.54, 1.807) is 0 Å². The number of rotatable bonds is 1. The summed E-state index contributed by atoms with van der Waals surface area (Å²) in [5, 5.41) is 1.47. The van der Waals surface area contributed by atoms with Crippen molar-refractivity contribution in [1.82, 2.24) is 9.97 Å². The maximum absolute atomic E-state index is 5.92. The summed E-state index contributed by atoms with van der Waals surface area (Å²) in [6.07, 6.45) is 2.43. The van der Waals surface area contributed by atoms with Gasteiger partial charge in [-0.1, -0.05) is 12.1 Å². The average Bonchev–Trinajstić information content (AvgIpc) is 3.02. The van der Waals surface area contributed by atoms with Gasteiger partial charge < -0.3 is 0 Å². The monoisotopic (exact) mass is 282 g/mol. The normalized spacial score (nSPS) is 15.9. The molecule has 1 aromatic carbocycles. The Labute approximate surface area is 101 Å². The van der Waals surface area contributed by atoms with Crippen LogP contribution in [-0.2, 0) is 0 Å². The zero-order chi connectivity index (χ0) is 10.4. The second kappa shape index (κ2) is 3.42. The first-order chi connectivity index (χ1) is 7.25. The van der Waals surface area contributed by atoms with Crippen molar-refractivity contribution in [2.75, 3.05) is 0 Å². The molecule has 0 unspecified atom stereocenters. The first-order valence-electron chi connectivity index (χ1n) is 4.87. The minimum absolute atomic E-state index is 0.344. The fraction of sp³-hybridized carbons (Fsp3) is 0.273. The van der Waals surface area contributed by atoms with Crippen molar-refractivity contribution in [3.8, 4) is 0 Å². The Morgan fingerprint density at radius 3 is 2.80 bits per heavy atom. The summed E-state index contributed by atoms with van der Waals surface area (Å²) < 4.78 is 0.978. The predicted octanol–water partition coefficient (Wildman–Crippen LogP) is 3.92. The molecular formula is C11H8BrClN2. The van der Waals surface area contributed by atoms with E-state index in [2.05, 4.69) is 32.0 Å². The number of fused-ring (bicyclic) bond motifs is 1. The second-order valence-electron chi connectivity index (χ2n) is 3.79. The number of para-hydroxylation sites is 1. The van der Waals surface area contributed by atoms with Crippen LogP contribution >= 0.6 is 27.5 Å². The summed E-state index contributed by atoms with van der Waals surface area (Å²) >= 11 is 9.41. The molecule has 1 saturated carbocycles. The quantitative estimate of drug-likeness (QED) is 0.741. The summed E-state index contributed by atoms with van der Waals surface area (Å²) in [7, 11) is 0. The molecule has 0 atom stereocenters. The van der Waals surface area contributed by atoms with Crippen LogP contribution in [0.4, 0.5) is 0 Å². The summed E-state index contributed by atoms with van der Waals surface area (Å²) in [6, 6.07) is 6.04. The van der Waals surface area contributed by atoms with Gasteiger partial charge in [-0.25, -0.2) is 9.97 Å². The Hall–Kier alpha value is -0.670. The fourth-order valence-corrected chi connectivity index (χ4v) is 2.41. The highest BCUT2D eigenvalue weighted by atomic mass is 79.9. The molecule has 1 aliphatic carbocycles. The molecule has 0 spiro atoms. The number of hydrogen-bond acceptors (Lipinski definition) is 2. The van der Waals surface area contributed by atoms with Gasteiger partial charge in [0.2, 0.25) is 5.28 Å². The maximum Gasteiger partial charge on any atom is 0.223 e. The first-order valence-corrected chi connectivity index (χ1v) is 6.04. The van der Waals surface area contributed by atoms with Gasteiger partial charge in [0.15, 0.2) is 0 Å². The highest BCUT2D eigenvalue weighted by Gasteiger charge is 2.27. The van der Waals surface area contributed by atoms with E-state index >= 15 is 0 Å². The van der Waals surface area contributed by atoms with Crippen LogP contribution in [0.5, 0.6) is 0 Å². The molecule has 0 N–H and O–H groups in total. The summed E-state index contributed by atoms with van der Waals surface area (Å²) in [5.41, 5.74) is 2.02. The van der Waals surface area contributed by atoms with E-state index in [0.29, 0.717) is 11.2 Å². The number of aromatic nitrogens is 2. The lowest BCUT2D eigenvalue weighted by Gasteiger charge is -2.05. The van der Waals surface area contributed by atoms with Crippen molar-refractivity contribution in [1.29, 1.82) is 0 Å². The Kier molecular flexibility index (Phi) is 2.18. The van der Waals surface area contributed by atoms with E-state index in [4.69, 9.17) is 11.6 Å². The highest BCUT2D eigenvalue weighted by Crippen LogP contribution is 2.42. The molecule has 4 heteroatoms. The zero-order valence-corrected chi connectivity index (χ0v) is 10.2. The van der Waals surface area contributed by atoms with E-state index < -0.39 is 0 Å². The van der Waals surface area contributed by atoms with Gasteiger partial charge in [0.25, 0.3) is 0 Å². The Balaban J connectivity index is 2.38. The van der Waals surface area contributed by atoms with Gasteiger partial charge in [0, 0.05) is 15.8 Å². The zero-order valence-electron chi connectivity index (χ0n) is 7.87. The third kappa shape index (κ3) is 1.64. The van der Waals surface area contributed by atoms with Crippen LogP contribution in [0.2, 0.25) is 5.28 Å². The third-order valence-corrected chi connectivity index (χ3v) is 3.45. The lowest BCUT2D eigenvalue weighted by molar-refractivity contribution is 1.02. The van der Waals surface area contributed by atoms with Crippen LogP contribution in [0.25, 0.3) is 10.9 Å². The molecule has 0 saturated heterocycles. The lowest BCUT2D eigenvalue weighted by Crippen LogP contribution is -1.93. The summed E-state index contributed by atoms with van der Waals surface area (Å²) in [4.78, 5) is 8.59. The molecule has 1 aliphatic rings. The van der Waals surface area contributed by atoms with Gasteiger partial charge in [-0.05, 0) is 46.4 Å². The Morgan fingerprint density at radius 2 is 2.07 bits per heavy atom. The summed E-state index contributed by atoms with van der Waals surface area (Å²) in [6.45, 7) is 0. The largest absolute Gasteiger partial charge is 0.223 e. The van der Waals surface area contributed by atoms with E-state index in [1.807, 2.05) is 12.1 Å². The Bertz CT molecular complexity index is 537. The van der Waals surface area contributed by atoms with Gasteiger partial charge in [-0.2, -0.15) is 0 Å². The van der Waals surface area contributed by atoms with Gasteiger partial charge in [-0.15, -0.1) is 0 Å². The molecule has 1 aromatic heterocycles. The standard InChI is InChI=1S/C11H8BrClN2/c12-8-3-1-2-7-9(6-4-5-6)14-11(13)15-10(7)8/h1-3,6H,4-5H2. The van der Waals surface area contributed by atoms with Crippen molar-refractivity contribution in [2.45, 2.75) is 18.8 Å². The van der Waals surface area contributed by atoms with Crippen LogP contribution in [-0.4, -0.2) is 9.97 Å². The molecular weight excluding hydrogens is 275 g/mol. The third-order valence-electron chi connectivity index (χ3n) is 2.64. The molecule has 2 aromatic rings. The van der Waals surface area contributed by atoms with Crippen LogP contribution in [0.1, 0.15) is 24.5 Å². The molecule has 3 rings (SSSR count). The lowest BCUT2D eigenvalue weighted by atomic mass is 10.1. The molecule has 15 heavy (non-hydrogen) atoms. The van der Waals surface area contributed by atoms with Crippen molar-refractivity contribution in [3.05, 3.63) is 33.6 Å². The molecule has 0 amide bonds. The molecule has 2 nitrogen and oxygen atoms in total. The molecule has 1 heterocycles. The van der Waals surface area contributed by atoms with E-state index in [9.17, 15) is 0 Å². The van der Waals surface area contributed by atoms with Crippen molar-refractivity contribution in [2.24, 2.45) is 0 Å². The Morgan fingerprint density at radius 1 is 1.27 bits per heavy atom. The van der Waals surface area contributed by atoms with E-state index in [1.165, 1.54) is 12.8 Å². The molecule has 0 aliphatic heterocycles. The minimum atomic E-state index is 0.344. The van der Waals surface area contributed by atoms with Crippen molar-refractivity contribution in [3.63, 3.8) is 0 Å². The van der Waals surface area contributed by atoms with Gasteiger partial charge in [0.1, 0.15) is 0 Å². The molecule has 76 valence electrons. The number of hydrogen-bond donors (Lipinski definition) is 0. The van der Waals surface area contributed by atoms with Crippen LogP contribution in [0.15, 0.2) is 22.7 Å². The minimum Gasteiger partial charge on any atom is -0.222 e. The molecule has 0 radical (unpaired) electrons. The predicted molar refractivity (Wildman–Crippen MR) is 64.2 cm³/mol. The van der Waals surface area contributed by atoms with Gasteiger partial charge in [0.05, 0.1) is 11.2 Å². The van der Waals surface area contributed by atoms with Crippen LogP contribution in [0, 0.1) is 0 Å². The number of nitrogens with zero attached hydrogens (tertiary/aromatic N) is 2. The van der Waals surface area contributed by atoms with E-state index in [0.717, 1.165) is 21.1 Å². The van der Waals surface area contributed by atoms with Crippen LogP contribution < -0.4 is 0 Å².